The van der Waals surface area contributed by atoms with Crippen LogP contribution in [0.1, 0.15) is 43.3 Å². The van der Waals surface area contributed by atoms with Crippen molar-refractivity contribution in [3.63, 3.8) is 0 Å². The summed E-state index contributed by atoms with van der Waals surface area (Å²) in [6, 6.07) is 17.2. The van der Waals surface area contributed by atoms with Gasteiger partial charge in [-0.3, -0.25) is 4.90 Å². The van der Waals surface area contributed by atoms with Crippen LogP contribution < -0.4 is 0 Å². The zero-order valence-corrected chi connectivity index (χ0v) is 17.3. The van der Waals surface area contributed by atoms with E-state index in [2.05, 4.69) is 89.5 Å². The molecule has 3 heterocycles. The second-order valence-electron chi connectivity index (χ2n) is 9.04. The molecule has 0 saturated heterocycles. The van der Waals surface area contributed by atoms with Gasteiger partial charge in [-0.1, -0.05) is 56.3 Å². The number of benzene rings is 2. The fourth-order valence-electron chi connectivity index (χ4n) is 4.22. The molecule has 0 fully saturated rings. The first-order valence-electron chi connectivity index (χ1n) is 10.3. The molecular formula is C24H27N5. The molecule has 2 aromatic carbocycles. The van der Waals surface area contributed by atoms with Gasteiger partial charge in [-0.2, -0.15) is 0 Å². The lowest BCUT2D eigenvalue weighted by atomic mass is 9.87. The Hall–Kier alpha value is -2.92. The predicted octanol–water partition coefficient (Wildman–Crippen LogP) is 4.60. The molecule has 0 spiro atoms. The van der Waals surface area contributed by atoms with E-state index in [-0.39, 0.29) is 5.41 Å². The van der Waals surface area contributed by atoms with E-state index in [4.69, 9.17) is 0 Å². The molecule has 29 heavy (non-hydrogen) atoms. The zero-order chi connectivity index (χ0) is 20.0. The van der Waals surface area contributed by atoms with Crippen LogP contribution in [-0.4, -0.2) is 31.4 Å². The van der Waals surface area contributed by atoms with Gasteiger partial charge < -0.3 is 4.98 Å². The highest BCUT2D eigenvalue weighted by molar-refractivity contribution is 5.84. The van der Waals surface area contributed by atoms with E-state index < -0.39 is 0 Å². The standard InChI is InChI=1S/C24H27N5/c1-24(2,3)17-8-10-19(11-9-17)29-15-18(26-27-29)14-28-13-12-21-20-6-4-5-7-22(20)25-23(21)16-28/h4-11,15,25H,12-14,16H2,1-3H3. The van der Waals surface area contributed by atoms with Crippen molar-refractivity contribution >= 4 is 10.9 Å². The smallest absolute Gasteiger partial charge is 0.0971 e. The van der Waals surface area contributed by atoms with Crippen LogP contribution in [0.3, 0.4) is 0 Å². The Balaban J connectivity index is 1.30. The Morgan fingerprint density at radius 3 is 2.62 bits per heavy atom. The molecule has 0 saturated carbocycles. The van der Waals surface area contributed by atoms with Crippen LogP contribution >= 0.6 is 0 Å². The third-order valence-electron chi connectivity index (χ3n) is 5.89. The molecular weight excluding hydrogens is 358 g/mol. The average Bonchev–Trinajstić information content (AvgIpc) is 3.31. The van der Waals surface area contributed by atoms with Crippen LogP contribution in [-0.2, 0) is 24.9 Å². The highest BCUT2D eigenvalue weighted by atomic mass is 15.4. The van der Waals surface area contributed by atoms with E-state index in [9.17, 15) is 0 Å². The minimum atomic E-state index is 0.155. The van der Waals surface area contributed by atoms with Crippen molar-refractivity contribution in [2.75, 3.05) is 6.54 Å². The fraction of sp³-hybridized carbons (Fsp3) is 0.333. The van der Waals surface area contributed by atoms with Gasteiger partial charge in [0.2, 0.25) is 0 Å². The second kappa shape index (κ2) is 6.85. The molecule has 0 aliphatic carbocycles. The SMILES string of the molecule is CC(C)(C)c1ccc(-n2cc(CN3CCc4c([nH]c5ccccc45)C3)nn2)cc1. The van der Waals surface area contributed by atoms with E-state index in [1.165, 1.54) is 27.7 Å². The number of rotatable bonds is 3. The third-order valence-corrected chi connectivity index (χ3v) is 5.89. The Morgan fingerprint density at radius 1 is 1.03 bits per heavy atom. The van der Waals surface area contributed by atoms with E-state index >= 15 is 0 Å². The lowest BCUT2D eigenvalue weighted by molar-refractivity contribution is 0.240. The van der Waals surface area contributed by atoms with Crippen molar-refractivity contribution in [2.24, 2.45) is 0 Å². The Bertz CT molecular complexity index is 1140. The molecule has 0 unspecified atom stereocenters. The summed E-state index contributed by atoms with van der Waals surface area (Å²) in [4.78, 5) is 6.04. The molecule has 0 bridgehead atoms. The topological polar surface area (TPSA) is 49.7 Å². The van der Waals surface area contributed by atoms with E-state index in [0.29, 0.717) is 0 Å². The normalized spacial score (nSPS) is 15.0. The van der Waals surface area contributed by atoms with Crippen molar-refractivity contribution in [2.45, 2.75) is 45.7 Å². The molecule has 5 nitrogen and oxygen atoms in total. The highest BCUT2D eigenvalue weighted by Crippen LogP contribution is 2.28. The molecule has 1 N–H and O–H groups in total. The van der Waals surface area contributed by atoms with Crippen molar-refractivity contribution in [1.82, 2.24) is 24.9 Å². The average molecular weight is 386 g/mol. The Kier molecular flexibility index (Phi) is 4.28. The maximum Gasteiger partial charge on any atom is 0.0971 e. The second-order valence-corrected chi connectivity index (χ2v) is 9.04. The van der Waals surface area contributed by atoms with Crippen LogP contribution in [0.4, 0.5) is 0 Å². The third kappa shape index (κ3) is 3.47. The number of nitrogens with zero attached hydrogens (tertiary/aromatic N) is 4. The number of nitrogens with one attached hydrogen (secondary N) is 1. The van der Waals surface area contributed by atoms with Crippen LogP contribution in [0.15, 0.2) is 54.7 Å². The van der Waals surface area contributed by atoms with Gasteiger partial charge in [0.15, 0.2) is 0 Å². The van der Waals surface area contributed by atoms with Crippen LogP contribution in [0.2, 0.25) is 0 Å². The Morgan fingerprint density at radius 2 is 1.83 bits per heavy atom. The number of aromatic nitrogens is 4. The first-order chi connectivity index (χ1) is 14.0. The summed E-state index contributed by atoms with van der Waals surface area (Å²) in [6.07, 6.45) is 3.12. The quantitative estimate of drug-likeness (QED) is 0.560. The summed E-state index contributed by atoms with van der Waals surface area (Å²) in [6.45, 7) is 9.47. The van der Waals surface area contributed by atoms with Crippen molar-refractivity contribution < 1.29 is 0 Å². The van der Waals surface area contributed by atoms with Gasteiger partial charge >= 0.3 is 0 Å². The highest BCUT2D eigenvalue weighted by Gasteiger charge is 2.21. The molecule has 0 atom stereocenters. The van der Waals surface area contributed by atoms with Gasteiger partial charge in [0.25, 0.3) is 0 Å². The number of H-pyrrole nitrogens is 1. The van der Waals surface area contributed by atoms with Crippen molar-refractivity contribution in [1.29, 1.82) is 0 Å². The van der Waals surface area contributed by atoms with E-state index in [1.54, 1.807) is 0 Å². The van der Waals surface area contributed by atoms with Gasteiger partial charge in [-0.15, -0.1) is 5.10 Å². The minimum absolute atomic E-state index is 0.155. The zero-order valence-electron chi connectivity index (χ0n) is 17.3. The summed E-state index contributed by atoms with van der Waals surface area (Å²) in [5.41, 5.74) is 7.58. The fourth-order valence-corrected chi connectivity index (χ4v) is 4.22. The van der Waals surface area contributed by atoms with Gasteiger partial charge in [0, 0.05) is 36.2 Å². The van der Waals surface area contributed by atoms with Gasteiger partial charge in [0.05, 0.1) is 17.6 Å². The molecule has 0 radical (unpaired) electrons. The molecule has 4 aromatic rings. The molecule has 1 aliphatic heterocycles. The summed E-state index contributed by atoms with van der Waals surface area (Å²) in [5, 5.41) is 10.1. The van der Waals surface area contributed by atoms with Gasteiger partial charge in [0.1, 0.15) is 0 Å². The maximum absolute atomic E-state index is 4.42. The summed E-state index contributed by atoms with van der Waals surface area (Å²) in [7, 11) is 0. The molecule has 5 rings (SSSR count). The number of aromatic amines is 1. The summed E-state index contributed by atoms with van der Waals surface area (Å²) < 4.78 is 1.88. The maximum atomic E-state index is 4.42. The van der Waals surface area contributed by atoms with Crippen molar-refractivity contribution in [3.8, 4) is 5.69 Å². The molecule has 148 valence electrons. The van der Waals surface area contributed by atoms with Gasteiger partial charge in [-0.25, -0.2) is 4.68 Å². The summed E-state index contributed by atoms with van der Waals surface area (Å²) in [5.74, 6) is 0. The lowest BCUT2D eigenvalue weighted by Gasteiger charge is -2.25. The number of hydrogen-bond donors (Lipinski definition) is 1. The van der Waals surface area contributed by atoms with Crippen molar-refractivity contribution in [3.05, 3.63) is 77.2 Å². The van der Waals surface area contributed by atoms with E-state index in [1.807, 2.05) is 10.9 Å². The molecule has 1 aliphatic rings. The largest absolute Gasteiger partial charge is 0.357 e. The first-order valence-corrected chi connectivity index (χ1v) is 10.3. The van der Waals surface area contributed by atoms with Crippen LogP contribution in [0, 0.1) is 0 Å². The molecule has 2 aromatic heterocycles. The van der Waals surface area contributed by atoms with Crippen LogP contribution in [0.5, 0.6) is 0 Å². The van der Waals surface area contributed by atoms with Gasteiger partial charge in [-0.05, 0) is 41.2 Å². The van der Waals surface area contributed by atoms with E-state index in [0.717, 1.165) is 37.4 Å². The lowest BCUT2D eigenvalue weighted by Crippen LogP contribution is -2.30. The monoisotopic (exact) mass is 385 g/mol. The minimum Gasteiger partial charge on any atom is -0.357 e. The molecule has 5 heteroatoms. The summed E-state index contributed by atoms with van der Waals surface area (Å²) >= 11 is 0. The van der Waals surface area contributed by atoms with Crippen LogP contribution in [0.25, 0.3) is 16.6 Å². The first kappa shape index (κ1) is 18.1. The predicted molar refractivity (Wildman–Crippen MR) is 116 cm³/mol. The molecule has 0 amide bonds. The Labute approximate surface area is 171 Å². The number of para-hydroxylation sites is 1. The number of fused-ring (bicyclic) bond motifs is 3. The number of hydrogen-bond acceptors (Lipinski definition) is 3.